The maximum atomic E-state index is 10.8. The minimum Gasteiger partial charge on any atom is -0.393 e. The van der Waals surface area contributed by atoms with E-state index in [1.54, 1.807) is 0 Å². The van der Waals surface area contributed by atoms with Gasteiger partial charge in [0.15, 0.2) is 0 Å². The van der Waals surface area contributed by atoms with Crippen molar-refractivity contribution in [3.63, 3.8) is 0 Å². The molecule has 128 valence electrons. The summed E-state index contributed by atoms with van der Waals surface area (Å²) in [6.45, 7) is 5.31. The number of hydrazone groups is 1. The summed E-state index contributed by atoms with van der Waals surface area (Å²) >= 11 is 1.27. The predicted octanol–water partition coefficient (Wildman–Crippen LogP) is 0.564. The summed E-state index contributed by atoms with van der Waals surface area (Å²) in [5.74, 6) is 0. The lowest BCUT2D eigenvalue weighted by atomic mass is 9.73. The van der Waals surface area contributed by atoms with E-state index in [2.05, 4.69) is 10.5 Å². The van der Waals surface area contributed by atoms with Crippen molar-refractivity contribution in [1.82, 2.24) is 5.43 Å². The Bertz CT molecular complexity index is 597. The van der Waals surface area contributed by atoms with Crippen LogP contribution in [0.5, 0.6) is 0 Å². The molecule has 0 radical (unpaired) electrons. The van der Waals surface area contributed by atoms with Crippen LogP contribution >= 0.6 is 11.8 Å². The Hall–Kier alpha value is -1.12. The summed E-state index contributed by atoms with van der Waals surface area (Å²) in [4.78, 5) is 0. The van der Waals surface area contributed by atoms with Gasteiger partial charge >= 0.3 is 0 Å². The van der Waals surface area contributed by atoms with Gasteiger partial charge in [-0.05, 0) is 27.7 Å². The van der Waals surface area contributed by atoms with Gasteiger partial charge < -0.3 is 20.4 Å². The lowest BCUT2D eigenvalue weighted by Crippen LogP contribution is -2.70. The van der Waals surface area contributed by atoms with Crippen molar-refractivity contribution >= 4 is 16.8 Å². The Morgan fingerprint density at radius 3 is 2.22 bits per heavy atom. The van der Waals surface area contributed by atoms with Gasteiger partial charge in [0.05, 0.1) is 6.61 Å². The van der Waals surface area contributed by atoms with Crippen molar-refractivity contribution in [3.8, 4) is 0 Å². The number of nitrogens with zero attached hydrogens (tertiary/aromatic N) is 1. The zero-order valence-electron chi connectivity index (χ0n) is 13.7. The fourth-order valence-corrected chi connectivity index (χ4v) is 3.47. The first-order valence-electron chi connectivity index (χ1n) is 7.38. The molecule has 0 saturated carbocycles. The molecule has 0 unspecified atom stereocenters. The molecule has 7 heteroatoms. The maximum Gasteiger partial charge on any atom is 0.127 e. The van der Waals surface area contributed by atoms with Gasteiger partial charge in [0.2, 0.25) is 0 Å². The number of aliphatic hydroxyl groups excluding tert-OH is 1. The lowest BCUT2D eigenvalue weighted by Gasteiger charge is -2.48. The number of hydrogen-bond acceptors (Lipinski definition) is 7. The third-order valence-electron chi connectivity index (χ3n) is 4.66. The molecule has 0 saturated heterocycles. The summed E-state index contributed by atoms with van der Waals surface area (Å²) in [5, 5.41) is 45.3. The third kappa shape index (κ3) is 3.12. The molecule has 1 aromatic carbocycles. The summed E-state index contributed by atoms with van der Waals surface area (Å²) in [5.41, 5.74) is -0.732. The van der Waals surface area contributed by atoms with Crippen LogP contribution in [0.2, 0.25) is 0 Å². The van der Waals surface area contributed by atoms with E-state index in [9.17, 15) is 20.4 Å². The van der Waals surface area contributed by atoms with Gasteiger partial charge in [0.1, 0.15) is 27.2 Å². The molecule has 1 aromatic rings. The zero-order valence-corrected chi connectivity index (χ0v) is 14.6. The van der Waals surface area contributed by atoms with E-state index in [1.165, 1.54) is 32.5 Å². The minimum absolute atomic E-state index is 0.674. The van der Waals surface area contributed by atoms with Crippen molar-refractivity contribution in [2.45, 2.75) is 49.9 Å². The van der Waals surface area contributed by atoms with Gasteiger partial charge in [-0.3, -0.25) is 5.43 Å². The van der Waals surface area contributed by atoms with Crippen LogP contribution in [0, 0.1) is 6.92 Å². The molecule has 1 heterocycles. The third-order valence-corrected chi connectivity index (χ3v) is 6.01. The van der Waals surface area contributed by atoms with Crippen LogP contribution in [0.3, 0.4) is 0 Å². The normalized spacial score (nSPS) is 25.7. The van der Waals surface area contributed by atoms with Gasteiger partial charge in [0.25, 0.3) is 0 Å². The van der Waals surface area contributed by atoms with Gasteiger partial charge in [-0.2, -0.15) is 5.10 Å². The highest BCUT2D eigenvalue weighted by atomic mass is 32.2. The van der Waals surface area contributed by atoms with Crippen LogP contribution in [0.1, 0.15) is 31.9 Å². The minimum atomic E-state index is -1.96. The first kappa shape index (κ1) is 18.2. The van der Waals surface area contributed by atoms with Crippen molar-refractivity contribution in [3.05, 3.63) is 35.4 Å². The van der Waals surface area contributed by atoms with Crippen LogP contribution in [0.4, 0.5) is 0 Å². The van der Waals surface area contributed by atoms with E-state index in [4.69, 9.17) is 0 Å². The number of thioether (sulfide) groups is 1. The molecule has 0 bridgehead atoms. The molecule has 4 atom stereocenters. The van der Waals surface area contributed by atoms with Crippen LogP contribution in [0.25, 0.3) is 0 Å². The molecule has 0 aromatic heterocycles. The van der Waals surface area contributed by atoms with Crippen molar-refractivity contribution < 1.29 is 20.4 Å². The summed E-state index contributed by atoms with van der Waals surface area (Å²) < 4.78 is 0. The molecule has 0 aliphatic carbocycles. The Morgan fingerprint density at radius 1 is 1.13 bits per heavy atom. The van der Waals surface area contributed by atoms with Crippen molar-refractivity contribution in [1.29, 1.82) is 0 Å². The quantitative estimate of drug-likeness (QED) is 0.537. The number of hydrogen-bond donors (Lipinski definition) is 5. The number of aliphatic hydroxyl groups is 4. The molecule has 0 amide bonds. The van der Waals surface area contributed by atoms with E-state index in [0.29, 0.717) is 5.04 Å². The average molecular weight is 340 g/mol. The predicted molar refractivity (Wildman–Crippen MR) is 91.2 cm³/mol. The van der Waals surface area contributed by atoms with Crippen molar-refractivity contribution in [2.24, 2.45) is 5.10 Å². The second-order valence-electron chi connectivity index (χ2n) is 6.56. The average Bonchev–Trinajstić information content (AvgIpc) is 2.98. The standard InChI is InChI=1S/C16H24N2O4S/c1-10-5-7-11(8-6-10)12-17-18-13(23-12)15(3,21)16(4,22)14(2,20)9-19/h5-8,13,18-22H,9H2,1-4H3/t13-,14-,15-,16-/m0/s1. The number of nitrogens with one attached hydrogen (secondary N) is 1. The van der Waals surface area contributed by atoms with Crippen LogP contribution < -0.4 is 5.43 Å². The van der Waals surface area contributed by atoms with E-state index in [0.717, 1.165) is 11.1 Å². The molecule has 1 aliphatic rings. The Balaban J connectivity index is 2.20. The van der Waals surface area contributed by atoms with E-state index < -0.39 is 28.8 Å². The highest BCUT2D eigenvalue weighted by Gasteiger charge is 2.58. The van der Waals surface area contributed by atoms with E-state index in [-0.39, 0.29) is 0 Å². The first-order chi connectivity index (χ1) is 10.5. The second-order valence-corrected chi connectivity index (χ2v) is 7.66. The molecule has 0 spiro atoms. The molecule has 2 rings (SSSR count). The van der Waals surface area contributed by atoms with Crippen LogP contribution in [-0.2, 0) is 0 Å². The Labute approximate surface area is 140 Å². The highest BCUT2D eigenvalue weighted by molar-refractivity contribution is 8.15. The van der Waals surface area contributed by atoms with E-state index >= 15 is 0 Å². The highest BCUT2D eigenvalue weighted by Crippen LogP contribution is 2.40. The van der Waals surface area contributed by atoms with Crippen molar-refractivity contribution in [2.75, 3.05) is 6.61 Å². The fraction of sp³-hybridized carbons (Fsp3) is 0.562. The summed E-state index contributed by atoms with van der Waals surface area (Å²) in [7, 11) is 0. The first-order valence-corrected chi connectivity index (χ1v) is 8.26. The molecule has 0 fully saturated rings. The number of rotatable bonds is 5. The largest absolute Gasteiger partial charge is 0.393 e. The Morgan fingerprint density at radius 2 is 1.70 bits per heavy atom. The Kier molecular flexibility index (Phi) is 4.81. The zero-order chi connectivity index (χ0) is 17.5. The van der Waals surface area contributed by atoms with Gasteiger partial charge in [-0.25, -0.2) is 0 Å². The molecule has 5 N–H and O–H groups in total. The maximum absolute atomic E-state index is 10.8. The lowest BCUT2D eigenvalue weighted by molar-refractivity contribution is -0.236. The topological polar surface area (TPSA) is 105 Å². The smallest absolute Gasteiger partial charge is 0.127 e. The van der Waals surface area contributed by atoms with Gasteiger partial charge in [-0.15, -0.1) is 0 Å². The summed E-state index contributed by atoms with van der Waals surface area (Å²) in [6.07, 6.45) is 0. The molecule has 6 nitrogen and oxygen atoms in total. The SMILES string of the molecule is Cc1ccc(C2=NN[C@H]([C@](C)(O)[C@@](C)(O)[C@@](C)(O)CO)S2)cc1. The number of benzene rings is 1. The summed E-state index contributed by atoms with van der Waals surface area (Å²) in [6, 6.07) is 7.80. The molecule has 1 aliphatic heterocycles. The fourth-order valence-electron chi connectivity index (χ4n) is 2.31. The monoisotopic (exact) mass is 340 g/mol. The van der Waals surface area contributed by atoms with Crippen LogP contribution in [-0.4, -0.2) is 54.3 Å². The molecular weight excluding hydrogens is 316 g/mol. The number of aryl methyl sites for hydroxylation is 1. The second kappa shape index (κ2) is 6.07. The van der Waals surface area contributed by atoms with Crippen LogP contribution in [0.15, 0.2) is 29.4 Å². The van der Waals surface area contributed by atoms with Gasteiger partial charge in [-0.1, -0.05) is 41.6 Å². The molecule has 23 heavy (non-hydrogen) atoms. The van der Waals surface area contributed by atoms with Gasteiger partial charge in [0, 0.05) is 5.56 Å². The molecular formula is C16H24N2O4S. The van der Waals surface area contributed by atoms with E-state index in [1.807, 2.05) is 31.2 Å².